The zero-order valence-electron chi connectivity index (χ0n) is 5.87. The second kappa shape index (κ2) is 5.16. The molecule has 1 heterocycles. The molecule has 0 N–H and O–H groups in total. The summed E-state index contributed by atoms with van der Waals surface area (Å²) in [7, 11) is 0. The van der Waals surface area contributed by atoms with E-state index in [2.05, 4.69) is 16.3 Å². The Kier molecular flexibility index (Phi) is 4.92. The van der Waals surface area contributed by atoms with Gasteiger partial charge in [-0.2, -0.15) is 25.3 Å². The molecule has 0 bridgehead atoms. The maximum absolute atomic E-state index is 11.7. The number of halogens is 3. The SMILES string of the molecule is FC(F)(F)c1cc[c-]nc1.[CH2]=[Os]. The van der Waals surface area contributed by atoms with Crippen molar-refractivity contribution in [1.82, 2.24) is 4.98 Å². The van der Waals surface area contributed by atoms with E-state index in [1.807, 2.05) is 0 Å². The Morgan fingerprint density at radius 3 is 2.25 bits per heavy atom. The van der Waals surface area contributed by atoms with Gasteiger partial charge in [0.15, 0.2) is 0 Å². The molecule has 1 aromatic rings. The molecule has 0 saturated heterocycles. The van der Waals surface area contributed by atoms with Crippen molar-refractivity contribution in [3.63, 3.8) is 0 Å². The van der Waals surface area contributed by atoms with Crippen molar-refractivity contribution in [3.05, 3.63) is 30.1 Å². The van der Waals surface area contributed by atoms with E-state index in [1.54, 1.807) is 18.1 Å². The van der Waals surface area contributed by atoms with E-state index in [9.17, 15) is 13.2 Å². The van der Waals surface area contributed by atoms with Gasteiger partial charge < -0.3 is 4.98 Å². The van der Waals surface area contributed by atoms with Gasteiger partial charge in [0, 0.05) is 0 Å². The summed E-state index contributed by atoms with van der Waals surface area (Å²) >= 11 is 1.61. The third-order valence-corrected chi connectivity index (χ3v) is 0.943. The van der Waals surface area contributed by atoms with Crippen LogP contribution in [-0.4, -0.2) is 10.1 Å². The van der Waals surface area contributed by atoms with Gasteiger partial charge >= 0.3 is 29.4 Å². The molecule has 0 aliphatic rings. The quantitative estimate of drug-likeness (QED) is 0.651. The van der Waals surface area contributed by atoms with Crippen LogP contribution in [0.3, 0.4) is 0 Å². The van der Waals surface area contributed by atoms with Crippen LogP contribution in [0.1, 0.15) is 5.56 Å². The van der Waals surface area contributed by atoms with Crippen molar-refractivity contribution in [3.8, 4) is 0 Å². The predicted molar refractivity (Wildman–Crippen MR) is 35.2 cm³/mol. The topological polar surface area (TPSA) is 12.9 Å². The van der Waals surface area contributed by atoms with E-state index in [4.69, 9.17) is 0 Å². The summed E-state index contributed by atoms with van der Waals surface area (Å²) in [5, 5.41) is 3.28. The van der Waals surface area contributed by atoms with Crippen LogP contribution < -0.4 is 0 Å². The molecule has 1 nitrogen and oxygen atoms in total. The molecule has 68 valence electrons. The summed E-state index contributed by atoms with van der Waals surface area (Å²) in [6.07, 6.45) is -1.30. The number of hydrogen-bond acceptors (Lipinski definition) is 1. The van der Waals surface area contributed by atoms with Crippen LogP contribution in [0.4, 0.5) is 13.2 Å². The molecule has 0 saturated carbocycles. The van der Waals surface area contributed by atoms with Gasteiger partial charge in [0.2, 0.25) is 0 Å². The molecule has 1 aromatic heterocycles. The van der Waals surface area contributed by atoms with Crippen LogP contribution in [0.5, 0.6) is 0 Å². The van der Waals surface area contributed by atoms with Gasteiger partial charge in [-0.1, -0.05) is 12.4 Å². The molecule has 0 radical (unpaired) electrons. The van der Waals surface area contributed by atoms with Crippen LogP contribution in [0, 0.1) is 6.20 Å². The summed E-state index contributed by atoms with van der Waals surface area (Å²) in [6, 6.07) is 2.05. The summed E-state index contributed by atoms with van der Waals surface area (Å²) in [5.41, 5.74) is -0.744. The van der Waals surface area contributed by atoms with E-state index in [0.29, 0.717) is 0 Å². The molecule has 12 heavy (non-hydrogen) atoms. The Bertz CT molecular complexity index is 222. The van der Waals surface area contributed by atoms with Gasteiger partial charge in [0.05, 0.1) is 0 Å². The minimum absolute atomic E-state index is 0.736. The Labute approximate surface area is 78.1 Å². The van der Waals surface area contributed by atoms with Gasteiger partial charge in [-0.05, 0) is 5.56 Å². The number of nitrogens with zero attached hydrogens (tertiary/aromatic N) is 1. The maximum atomic E-state index is 11.7. The average Bonchev–Trinajstić information content (AvgIpc) is 2.08. The Morgan fingerprint density at radius 1 is 1.42 bits per heavy atom. The average molecular weight is 350 g/mol. The zero-order chi connectivity index (χ0) is 9.61. The second-order valence-electron chi connectivity index (χ2n) is 1.67. The van der Waals surface area contributed by atoms with Crippen LogP contribution >= 0.6 is 0 Å². The van der Waals surface area contributed by atoms with Crippen molar-refractivity contribution in [2.75, 3.05) is 0 Å². The molecule has 0 fully saturated rings. The summed E-state index contributed by atoms with van der Waals surface area (Å²) in [6.45, 7) is 0. The van der Waals surface area contributed by atoms with Gasteiger partial charge in [-0.25, -0.2) is 0 Å². The van der Waals surface area contributed by atoms with Gasteiger partial charge in [0.25, 0.3) is 0 Å². The van der Waals surface area contributed by atoms with Gasteiger partial charge in [-0.15, -0.1) is 0 Å². The van der Waals surface area contributed by atoms with E-state index in [0.717, 1.165) is 18.3 Å². The number of aromatic nitrogens is 1. The van der Waals surface area contributed by atoms with E-state index in [-0.39, 0.29) is 0 Å². The molecular weight excluding hydrogens is 345 g/mol. The van der Waals surface area contributed by atoms with Crippen LogP contribution in [-0.2, 0) is 24.3 Å². The molecule has 5 heteroatoms. The number of hydrogen-bond donors (Lipinski definition) is 0. The van der Waals surface area contributed by atoms with E-state index < -0.39 is 11.7 Å². The monoisotopic (exact) mass is 352 g/mol. The molecule has 0 amide bonds. The fraction of sp³-hybridized carbons (Fsp3) is 0.143. The first-order valence-corrected chi connectivity index (χ1v) is 4.54. The normalized spacial score (nSPS) is 10.0. The first kappa shape index (κ1) is 11.4. The first-order valence-electron chi connectivity index (χ1n) is 2.75. The number of pyridine rings is 1. The Balaban J connectivity index is 0.000000561. The van der Waals surface area contributed by atoms with Crippen molar-refractivity contribution < 1.29 is 31.3 Å². The molecule has 0 aromatic carbocycles. The minimum atomic E-state index is -4.29. The third kappa shape index (κ3) is 3.73. The fourth-order valence-corrected chi connectivity index (χ4v) is 0.488. The molecule has 0 spiro atoms. The number of alkyl halides is 3. The van der Waals surface area contributed by atoms with Crippen molar-refractivity contribution >= 4 is 5.07 Å². The molecule has 1 rings (SSSR count). The molecule has 0 aliphatic heterocycles. The zero-order valence-corrected chi connectivity index (χ0v) is 8.41. The van der Waals surface area contributed by atoms with E-state index in [1.165, 1.54) is 0 Å². The van der Waals surface area contributed by atoms with Crippen molar-refractivity contribution in [1.29, 1.82) is 0 Å². The molecular formula is C7H5F3NOs-. The Hall–Kier alpha value is -0.554. The molecule has 0 atom stereocenters. The van der Waals surface area contributed by atoms with Gasteiger partial charge in [-0.3, -0.25) is 0 Å². The Morgan fingerprint density at radius 2 is 2.00 bits per heavy atom. The van der Waals surface area contributed by atoms with Crippen molar-refractivity contribution in [2.45, 2.75) is 6.18 Å². The third-order valence-electron chi connectivity index (χ3n) is 0.943. The number of rotatable bonds is 0. The summed E-state index contributed by atoms with van der Waals surface area (Å²) in [4.78, 5) is 3.21. The summed E-state index contributed by atoms with van der Waals surface area (Å²) < 4.78 is 35.2. The second-order valence-corrected chi connectivity index (χ2v) is 1.67. The molecule has 0 aliphatic carbocycles. The van der Waals surface area contributed by atoms with Crippen molar-refractivity contribution in [2.24, 2.45) is 0 Å². The predicted octanol–water partition coefficient (Wildman–Crippen LogP) is 1.87. The van der Waals surface area contributed by atoms with Crippen LogP contribution in [0.25, 0.3) is 0 Å². The standard InChI is InChI=1S/C6H3F3N.CH2.Os/c7-6(8,9)5-2-1-3-10-4-5;;/h1-2,4H;1H2;/q-1;;. The van der Waals surface area contributed by atoms with Crippen LogP contribution in [0.15, 0.2) is 18.3 Å². The van der Waals surface area contributed by atoms with Crippen LogP contribution in [0.2, 0.25) is 0 Å². The summed E-state index contributed by atoms with van der Waals surface area (Å²) in [5.74, 6) is 0. The van der Waals surface area contributed by atoms with E-state index >= 15 is 0 Å². The molecule has 0 unspecified atom stereocenters. The fourth-order valence-electron chi connectivity index (χ4n) is 0.488. The van der Waals surface area contributed by atoms with Gasteiger partial charge in [0.1, 0.15) is 0 Å². The first-order chi connectivity index (χ1) is 5.61.